The number of hydrogen-bond donors (Lipinski definition) is 2. The van der Waals surface area contributed by atoms with Crippen LogP contribution in [-0.2, 0) is 0 Å². The fourth-order valence-corrected chi connectivity index (χ4v) is 2.53. The maximum Gasteiger partial charge on any atom is 0.251 e. The minimum absolute atomic E-state index is 0.0982. The molecule has 0 aliphatic carbocycles. The molecule has 3 nitrogen and oxygen atoms in total. The van der Waals surface area contributed by atoms with Crippen LogP contribution in [-0.4, -0.2) is 10.9 Å². The Balaban J connectivity index is 1.79. The van der Waals surface area contributed by atoms with E-state index < -0.39 is 0 Å². The lowest BCUT2D eigenvalue weighted by molar-refractivity contribution is 0.0940. The number of fused-ring (bicyclic) bond motifs is 1. The van der Waals surface area contributed by atoms with Gasteiger partial charge in [-0.05, 0) is 48.2 Å². The monoisotopic (exact) mass is 298 g/mol. The Bertz CT molecular complexity index is 794. The first kappa shape index (κ1) is 13.7. The summed E-state index contributed by atoms with van der Waals surface area (Å²) >= 11 is 5.98. The van der Waals surface area contributed by atoms with Crippen LogP contribution in [0.5, 0.6) is 0 Å². The maximum atomic E-state index is 12.3. The minimum atomic E-state index is -0.101. The molecule has 0 fully saturated rings. The van der Waals surface area contributed by atoms with E-state index in [1.54, 1.807) is 0 Å². The van der Waals surface area contributed by atoms with Crippen LogP contribution < -0.4 is 5.32 Å². The van der Waals surface area contributed by atoms with Gasteiger partial charge in [-0.15, -0.1) is 0 Å². The number of carbonyl (C=O) groups is 1. The quantitative estimate of drug-likeness (QED) is 0.743. The fourth-order valence-electron chi connectivity index (χ4n) is 2.33. The Kier molecular flexibility index (Phi) is 3.67. The third-order valence-corrected chi connectivity index (χ3v) is 3.75. The van der Waals surface area contributed by atoms with Gasteiger partial charge < -0.3 is 10.3 Å². The molecular formula is C17H15ClN2O. The predicted octanol–water partition coefficient (Wildman–Crippen LogP) is 4.31. The van der Waals surface area contributed by atoms with E-state index in [1.807, 2.05) is 61.7 Å². The Morgan fingerprint density at radius 3 is 2.86 bits per heavy atom. The number of rotatable bonds is 3. The van der Waals surface area contributed by atoms with Crippen molar-refractivity contribution < 1.29 is 4.79 Å². The zero-order valence-corrected chi connectivity index (χ0v) is 12.3. The molecule has 2 N–H and O–H groups in total. The Morgan fingerprint density at radius 2 is 2.05 bits per heavy atom. The van der Waals surface area contributed by atoms with Crippen molar-refractivity contribution in [2.24, 2.45) is 0 Å². The average molecular weight is 299 g/mol. The van der Waals surface area contributed by atoms with Crippen molar-refractivity contribution in [3.05, 3.63) is 70.9 Å². The first-order chi connectivity index (χ1) is 10.1. The molecule has 0 radical (unpaired) electrons. The molecule has 0 saturated carbocycles. The molecule has 1 atom stereocenters. The Morgan fingerprint density at radius 1 is 1.19 bits per heavy atom. The van der Waals surface area contributed by atoms with E-state index in [4.69, 9.17) is 11.6 Å². The number of benzene rings is 2. The van der Waals surface area contributed by atoms with E-state index in [0.29, 0.717) is 10.6 Å². The maximum absolute atomic E-state index is 12.3. The van der Waals surface area contributed by atoms with Gasteiger partial charge in [0.05, 0.1) is 6.04 Å². The Hall–Kier alpha value is -2.26. The molecule has 1 amide bonds. The van der Waals surface area contributed by atoms with Crippen LogP contribution in [0.4, 0.5) is 0 Å². The molecule has 0 bridgehead atoms. The summed E-state index contributed by atoms with van der Waals surface area (Å²) in [6, 6.07) is 15.0. The number of aromatic nitrogens is 1. The van der Waals surface area contributed by atoms with E-state index in [-0.39, 0.29) is 11.9 Å². The van der Waals surface area contributed by atoms with Crippen LogP contribution >= 0.6 is 11.6 Å². The van der Waals surface area contributed by atoms with Crippen LogP contribution in [0, 0.1) is 0 Å². The smallest absolute Gasteiger partial charge is 0.251 e. The highest BCUT2D eigenvalue weighted by Gasteiger charge is 2.12. The number of amides is 1. The van der Waals surface area contributed by atoms with Gasteiger partial charge >= 0.3 is 0 Å². The summed E-state index contributed by atoms with van der Waals surface area (Å²) in [7, 11) is 0. The van der Waals surface area contributed by atoms with Gasteiger partial charge in [-0.2, -0.15) is 0 Å². The molecule has 0 aliphatic rings. The lowest BCUT2D eigenvalue weighted by atomic mass is 10.1. The number of halogens is 1. The highest BCUT2D eigenvalue weighted by atomic mass is 35.5. The van der Waals surface area contributed by atoms with E-state index in [2.05, 4.69) is 10.3 Å². The van der Waals surface area contributed by atoms with Crippen LogP contribution in [0.3, 0.4) is 0 Å². The van der Waals surface area contributed by atoms with Gasteiger partial charge in [0.1, 0.15) is 0 Å². The van der Waals surface area contributed by atoms with Gasteiger partial charge in [-0.3, -0.25) is 4.79 Å². The van der Waals surface area contributed by atoms with E-state index in [9.17, 15) is 4.79 Å². The molecule has 106 valence electrons. The largest absolute Gasteiger partial charge is 0.361 e. The molecule has 1 heterocycles. The van der Waals surface area contributed by atoms with Gasteiger partial charge in [0.2, 0.25) is 0 Å². The van der Waals surface area contributed by atoms with E-state index in [1.165, 1.54) is 0 Å². The summed E-state index contributed by atoms with van der Waals surface area (Å²) in [5.41, 5.74) is 2.58. The first-order valence-electron chi connectivity index (χ1n) is 6.77. The first-order valence-corrected chi connectivity index (χ1v) is 7.15. The molecule has 21 heavy (non-hydrogen) atoms. The molecule has 3 rings (SSSR count). The van der Waals surface area contributed by atoms with Crippen molar-refractivity contribution in [3.63, 3.8) is 0 Å². The number of hydrogen-bond acceptors (Lipinski definition) is 1. The molecule has 4 heteroatoms. The van der Waals surface area contributed by atoms with Gasteiger partial charge in [-0.1, -0.05) is 29.8 Å². The lowest BCUT2D eigenvalue weighted by Gasteiger charge is -2.14. The van der Waals surface area contributed by atoms with Gasteiger partial charge in [0, 0.05) is 22.3 Å². The summed E-state index contributed by atoms with van der Waals surface area (Å²) < 4.78 is 0. The highest BCUT2D eigenvalue weighted by molar-refractivity contribution is 6.30. The average Bonchev–Trinajstić information content (AvgIpc) is 2.94. The third-order valence-electron chi connectivity index (χ3n) is 3.51. The number of carbonyl (C=O) groups excluding carboxylic acids is 1. The third kappa shape index (κ3) is 2.93. The zero-order valence-electron chi connectivity index (χ0n) is 11.6. The number of nitrogens with one attached hydrogen (secondary N) is 2. The van der Waals surface area contributed by atoms with Crippen molar-refractivity contribution in [2.45, 2.75) is 13.0 Å². The van der Waals surface area contributed by atoms with Crippen molar-refractivity contribution in [1.29, 1.82) is 0 Å². The molecule has 1 aromatic heterocycles. The second kappa shape index (κ2) is 5.62. The van der Waals surface area contributed by atoms with Gasteiger partial charge in [-0.25, -0.2) is 0 Å². The molecule has 1 unspecified atom stereocenters. The molecular weight excluding hydrogens is 284 g/mol. The van der Waals surface area contributed by atoms with Crippen molar-refractivity contribution >= 4 is 28.4 Å². The molecule has 3 aromatic rings. The van der Waals surface area contributed by atoms with E-state index >= 15 is 0 Å². The summed E-state index contributed by atoms with van der Waals surface area (Å²) in [6.45, 7) is 1.94. The van der Waals surface area contributed by atoms with Crippen molar-refractivity contribution in [2.75, 3.05) is 0 Å². The summed E-state index contributed by atoms with van der Waals surface area (Å²) in [6.07, 6.45) is 1.86. The number of aromatic amines is 1. The standard InChI is InChI=1S/C17H15ClN2O/c1-11(13-3-2-4-15(18)9-13)20-17(21)14-6-5-12-7-8-19-16(12)10-14/h2-11,19H,1H3,(H,20,21). The van der Waals surface area contributed by atoms with Crippen LogP contribution in [0.1, 0.15) is 28.9 Å². The van der Waals surface area contributed by atoms with E-state index in [0.717, 1.165) is 16.5 Å². The topological polar surface area (TPSA) is 44.9 Å². The highest BCUT2D eigenvalue weighted by Crippen LogP contribution is 2.19. The van der Waals surface area contributed by atoms with Gasteiger partial charge in [0.15, 0.2) is 0 Å². The van der Waals surface area contributed by atoms with Gasteiger partial charge in [0.25, 0.3) is 5.91 Å². The number of H-pyrrole nitrogens is 1. The Labute approximate surface area is 127 Å². The molecule has 0 spiro atoms. The van der Waals surface area contributed by atoms with Crippen LogP contribution in [0.2, 0.25) is 5.02 Å². The second-order valence-electron chi connectivity index (χ2n) is 5.03. The zero-order chi connectivity index (χ0) is 14.8. The summed E-state index contributed by atoms with van der Waals surface area (Å²) in [5.74, 6) is -0.0982. The second-order valence-corrected chi connectivity index (χ2v) is 5.47. The summed E-state index contributed by atoms with van der Waals surface area (Å²) in [5, 5.41) is 4.75. The van der Waals surface area contributed by atoms with Crippen molar-refractivity contribution in [3.8, 4) is 0 Å². The lowest BCUT2D eigenvalue weighted by Crippen LogP contribution is -2.26. The predicted molar refractivity (Wildman–Crippen MR) is 85.6 cm³/mol. The van der Waals surface area contributed by atoms with Crippen LogP contribution in [0.15, 0.2) is 54.7 Å². The SMILES string of the molecule is CC(NC(=O)c1ccc2cc[nH]c2c1)c1cccc(Cl)c1. The fraction of sp³-hybridized carbons (Fsp3) is 0.118. The van der Waals surface area contributed by atoms with Crippen LogP contribution in [0.25, 0.3) is 10.9 Å². The molecule has 0 aliphatic heterocycles. The summed E-state index contributed by atoms with van der Waals surface area (Å²) in [4.78, 5) is 15.4. The van der Waals surface area contributed by atoms with Crippen molar-refractivity contribution in [1.82, 2.24) is 10.3 Å². The molecule has 0 saturated heterocycles. The molecule has 2 aromatic carbocycles. The normalized spacial score (nSPS) is 12.3. The minimum Gasteiger partial charge on any atom is -0.361 e.